The van der Waals surface area contributed by atoms with Crippen molar-refractivity contribution in [1.29, 1.82) is 0 Å². The highest BCUT2D eigenvalue weighted by molar-refractivity contribution is 5.91. The van der Waals surface area contributed by atoms with Crippen molar-refractivity contribution in [2.24, 2.45) is 0 Å². The largest absolute Gasteiger partial charge is 0.497 e. The molecule has 0 atom stereocenters. The van der Waals surface area contributed by atoms with E-state index < -0.39 is 17.2 Å². The summed E-state index contributed by atoms with van der Waals surface area (Å²) >= 11 is 0. The fraction of sp³-hybridized carbons (Fsp3) is 0.174. The highest BCUT2D eigenvalue weighted by Crippen LogP contribution is 2.16. The van der Waals surface area contributed by atoms with E-state index in [0.717, 1.165) is 10.1 Å². The Morgan fingerprint density at radius 2 is 1.78 bits per heavy atom. The van der Waals surface area contributed by atoms with Crippen molar-refractivity contribution >= 4 is 22.8 Å². The predicted molar refractivity (Wildman–Crippen MR) is 120 cm³/mol. The molecule has 0 fully saturated rings. The first-order valence-corrected chi connectivity index (χ1v) is 9.99. The number of hydrogen-bond donors (Lipinski definition) is 1. The summed E-state index contributed by atoms with van der Waals surface area (Å²) < 4.78 is 7.43. The van der Waals surface area contributed by atoms with Crippen molar-refractivity contribution in [1.82, 2.24) is 19.1 Å². The summed E-state index contributed by atoms with van der Waals surface area (Å²) in [5, 5.41) is 2.73. The van der Waals surface area contributed by atoms with Gasteiger partial charge in [0.25, 0.3) is 5.56 Å². The molecule has 0 aliphatic rings. The maximum absolute atomic E-state index is 13.2. The van der Waals surface area contributed by atoms with Crippen LogP contribution in [0.1, 0.15) is 5.56 Å². The van der Waals surface area contributed by atoms with Gasteiger partial charge in [-0.25, -0.2) is 14.8 Å². The van der Waals surface area contributed by atoms with Gasteiger partial charge in [0.1, 0.15) is 12.3 Å². The number of nitrogens with one attached hydrogen (secondary N) is 1. The average Bonchev–Trinajstić information content (AvgIpc) is 2.82. The minimum Gasteiger partial charge on any atom is -0.497 e. The topological polar surface area (TPSA) is 108 Å². The Morgan fingerprint density at radius 3 is 2.56 bits per heavy atom. The molecule has 4 aromatic rings. The van der Waals surface area contributed by atoms with Crippen LogP contribution in [0.2, 0.25) is 0 Å². The molecule has 4 rings (SSSR count). The number of benzene rings is 2. The van der Waals surface area contributed by atoms with Gasteiger partial charge in [-0.05, 0) is 24.1 Å². The van der Waals surface area contributed by atoms with E-state index in [2.05, 4.69) is 15.3 Å². The maximum Gasteiger partial charge on any atom is 0.333 e. The van der Waals surface area contributed by atoms with Crippen LogP contribution in [0.4, 0.5) is 5.69 Å². The monoisotopic (exact) mass is 431 g/mol. The third-order valence-corrected chi connectivity index (χ3v) is 4.97. The molecular formula is C23H21N5O4. The minimum atomic E-state index is -0.611. The second-order valence-corrected chi connectivity index (χ2v) is 7.07. The number of amides is 1. The van der Waals surface area contributed by atoms with Gasteiger partial charge in [-0.15, -0.1) is 0 Å². The number of carbonyl (C=O) groups is 1. The molecule has 1 N–H and O–H groups in total. The van der Waals surface area contributed by atoms with Crippen LogP contribution in [0, 0.1) is 0 Å². The van der Waals surface area contributed by atoms with Crippen molar-refractivity contribution in [2.45, 2.75) is 19.5 Å². The summed E-state index contributed by atoms with van der Waals surface area (Å²) in [5.74, 6) is 0.145. The molecule has 0 saturated heterocycles. The van der Waals surface area contributed by atoms with E-state index in [-0.39, 0.29) is 24.3 Å². The predicted octanol–water partition coefficient (Wildman–Crippen LogP) is 1.84. The molecular weight excluding hydrogens is 410 g/mol. The van der Waals surface area contributed by atoms with E-state index in [4.69, 9.17) is 4.74 Å². The number of ether oxygens (including phenoxy) is 1. The zero-order valence-electron chi connectivity index (χ0n) is 17.4. The van der Waals surface area contributed by atoms with Crippen molar-refractivity contribution in [2.75, 3.05) is 12.4 Å². The summed E-state index contributed by atoms with van der Waals surface area (Å²) in [6.45, 7) is -0.164. The smallest absolute Gasteiger partial charge is 0.333 e. The van der Waals surface area contributed by atoms with Crippen LogP contribution < -0.4 is 21.3 Å². The van der Waals surface area contributed by atoms with Crippen LogP contribution >= 0.6 is 0 Å². The molecule has 162 valence electrons. The molecule has 0 radical (unpaired) electrons. The van der Waals surface area contributed by atoms with E-state index in [1.165, 1.54) is 24.1 Å². The summed E-state index contributed by atoms with van der Waals surface area (Å²) in [6.07, 6.45) is 3.25. The number of fused-ring (bicyclic) bond motifs is 1. The molecule has 1 amide bonds. The molecule has 0 saturated carbocycles. The molecule has 0 spiro atoms. The number of carbonyl (C=O) groups excluding carboxylic acids is 1. The Kier molecular flexibility index (Phi) is 6.07. The summed E-state index contributed by atoms with van der Waals surface area (Å²) in [7, 11) is 1.53. The van der Waals surface area contributed by atoms with Gasteiger partial charge < -0.3 is 10.1 Å². The molecule has 9 heteroatoms. The summed E-state index contributed by atoms with van der Waals surface area (Å²) in [4.78, 5) is 47.0. The zero-order valence-corrected chi connectivity index (χ0v) is 17.4. The van der Waals surface area contributed by atoms with Gasteiger partial charge in [0, 0.05) is 30.7 Å². The highest BCUT2D eigenvalue weighted by atomic mass is 16.5. The first-order chi connectivity index (χ1) is 15.6. The lowest BCUT2D eigenvalue weighted by atomic mass is 10.1. The van der Waals surface area contributed by atoms with E-state index in [9.17, 15) is 14.4 Å². The van der Waals surface area contributed by atoms with Crippen molar-refractivity contribution in [3.63, 3.8) is 0 Å². The molecule has 32 heavy (non-hydrogen) atoms. The first kappa shape index (κ1) is 21.0. The van der Waals surface area contributed by atoms with E-state index >= 15 is 0 Å². The number of aryl methyl sites for hydroxylation is 1. The van der Waals surface area contributed by atoms with Gasteiger partial charge >= 0.3 is 5.69 Å². The van der Waals surface area contributed by atoms with Crippen molar-refractivity contribution in [3.8, 4) is 5.75 Å². The zero-order chi connectivity index (χ0) is 22.5. The van der Waals surface area contributed by atoms with E-state index in [1.807, 2.05) is 30.3 Å². The summed E-state index contributed by atoms with van der Waals surface area (Å²) in [5.41, 5.74) is 0.474. The highest BCUT2D eigenvalue weighted by Gasteiger charge is 2.17. The lowest BCUT2D eigenvalue weighted by molar-refractivity contribution is -0.116. The van der Waals surface area contributed by atoms with Crippen LogP contribution in [-0.4, -0.2) is 32.1 Å². The van der Waals surface area contributed by atoms with Gasteiger partial charge in [0.05, 0.1) is 7.11 Å². The quantitative estimate of drug-likeness (QED) is 0.478. The number of hydrogen-bond acceptors (Lipinski definition) is 6. The average molecular weight is 431 g/mol. The van der Waals surface area contributed by atoms with Gasteiger partial charge in [0.2, 0.25) is 5.91 Å². The lowest BCUT2D eigenvalue weighted by Gasteiger charge is -2.13. The maximum atomic E-state index is 13.2. The van der Waals surface area contributed by atoms with Crippen LogP contribution in [0.15, 0.2) is 76.6 Å². The number of nitrogens with zero attached hydrogens (tertiary/aromatic N) is 4. The Bertz CT molecular complexity index is 1380. The minimum absolute atomic E-state index is 0.0364. The molecule has 2 aromatic carbocycles. The number of methoxy groups -OCH3 is 1. The Hall–Kier alpha value is -4.27. The Morgan fingerprint density at radius 1 is 1.00 bits per heavy atom. The third kappa shape index (κ3) is 4.41. The fourth-order valence-corrected chi connectivity index (χ4v) is 3.40. The van der Waals surface area contributed by atoms with E-state index in [0.29, 0.717) is 17.9 Å². The SMILES string of the molecule is COc1cccc(NC(=O)Cn2c(=O)n(CCc3ccccc3)c(=O)c3nccnc32)c1. The van der Waals surface area contributed by atoms with Crippen molar-refractivity contribution < 1.29 is 9.53 Å². The van der Waals surface area contributed by atoms with Crippen LogP contribution in [0.3, 0.4) is 0 Å². The van der Waals surface area contributed by atoms with Gasteiger partial charge in [-0.3, -0.25) is 18.7 Å². The molecule has 0 aliphatic heterocycles. The lowest BCUT2D eigenvalue weighted by Crippen LogP contribution is -2.42. The Balaban J connectivity index is 1.67. The van der Waals surface area contributed by atoms with Gasteiger partial charge in [0.15, 0.2) is 11.2 Å². The number of anilines is 1. The second-order valence-electron chi connectivity index (χ2n) is 7.07. The Labute approximate surface area is 182 Å². The second kappa shape index (κ2) is 9.25. The molecule has 0 unspecified atom stereocenters. The fourth-order valence-electron chi connectivity index (χ4n) is 3.40. The molecule has 0 aliphatic carbocycles. The van der Waals surface area contributed by atoms with Gasteiger partial charge in [-0.1, -0.05) is 36.4 Å². The number of aromatic nitrogens is 4. The van der Waals surface area contributed by atoms with Gasteiger partial charge in [-0.2, -0.15) is 0 Å². The van der Waals surface area contributed by atoms with Crippen LogP contribution in [-0.2, 0) is 24.3 Å². The van der Waals surface area contributed by atoms with Crippen molar-refractivity contribution in [3.05, 3.63) is 93.4 Å². The molecule has 2 aromatic heterocycles. The molecule has 2 heterocycles. The normalized spacial score (nSPS) is 10.8. The summed E-state index contributed by atoms with van der Waals surface area (Å²) in [6, 6.07) is 16.4. The van der Waals surface area contributed by atoms with E-state index in [1.54, 1.807) is 24.3 Å². The third-order valence-electron chi connectivity index (χ3n) is 4.97. The number of rotatable bonds is 7. The first-order valence-electron chi connectivity index (χ1n) is 9.99. The molecule has 9 nitrogen and oxygen atoms in total. The molecule has 0 bridgehead atoms. The van der Waals surface area contributed by atoms with Crippen LogP contribution in [0.5, 0.6) is 5.75 Å². The van der Waals surface area contributed by atoms with Crippen LogP contribution in [0.25, 0.3) is 11.2 Å². The standard InChI is InChI=1S/C23H21N5O4/c1-32-18-9-5-8-17(14-18)26-19(29)15-28-21-20(24-11-12-25-21)22(30)27(23(28)31)13-10-16-6-3-2-4-7-16/h2-9,11-12,14H,10,13,15H2,1H3,(H,26,29).